The van der Waals surface area contributed by atoms with Crippen molar-refractivity contribution in [2.45, 2.75) is 6.92 Å². The minimum atomic E-state index is 1.23. The predicted octanol–water partition coefficient (Wildman–Crippen LogP) is 8.66. The van der Waals surface area contributed by atoms with Gasteiger partial charge >= 0.3 is 0 Å². The van der Waals surface area contributed by atoms with E-state index in [0.29, 0.717) is 0 Å². The van der Waals surface area contributed by atoms with Gasteiger partial charge in [-0.25, -0.2) is 0 Å². The van der Waals surface area contributed by atoms with Gasteiger partial charge in [0.15, 0.2) is 0 Å². The molecule has 0 aliphatic rings. The molecule has 0 saturated carbocycles. The van der Waals surface area contributed by atoms with Crippen molar-refractivity contribution in [1.29, 1.82) is 0 Å². The van der Waals surface area contributed by atoms with Crippen LogP contribution in [0.2, 0.25) is 0 Å². The molecule has 0 atom stereocenters. The summed E-state index contributed by atoms with van der Waals surface area (Å²) in [5.41, 5.74) is 11.2. The summed E-state index contributed by atoms with van der Waals surface area (Å²) in [7, 11) is 0. The molecule has 0 saturated heterocycles. The van der Waals surface area contributed by atoms with Crippen LogP contribution in [0, 0.1) is 6.92 Å². The second kappa shape index (κ2) is 8.45. The third-order valence-corrected chi connectivity index (χ3v) is 5.68. The summed E-state index contributed by atoms with van der Waals surface area (Å²) in [6.07, 6.45) is 0. The fraction of sp³-hybridized carbons (Fsp3) is 0.0323. The van der Waals surface area contributed by atoms with E-state index in [4.69, 9.17) is 0 Å². The summed E-state index contributed by atoms with van der Waals surface area (Å²) in [4.78, 5) is 0. The Morgan fingerprint density at radius 1 is 0.290 bits per heavy atom. The van der Waals surface area contributed by atoms with Gasteiger partial charge in [-0.1, -0.05) is 109 Å². The summed E-state index contributed by atoms with van der Waals surface area (Å²) in [6.45, 7) is 2.17. The second-order valence-corrected chi connectivity index (χ2v) is 7.98. The highest BCUT2D eigenvalue weighted by Gasteiger charge is 2.07. The Kier molecular flexibility index (Phi) is 5.21. The lowest BCUT2D eigenvalue weighted by atomic mass is 9.93. The van der Waals surface area contributed by atoms with Crippen LogP contribution in [0.25, 0.3) is 44.5 Å². The number of rotatable bonds is 4. The normalized spacial score (nSPS) is 10.7. The SMILES string of the molecule is Cc1cc(-c2ccccc2)cc(-c2cccc(-c3cccc(-c4ccccc4)c3)c2)c1. The Hall–Kier alpha value is -3.90. The minimum Gasteiger partial charge on any atom is -0.0622 e. The lowest BCUT2D eigenvalue weighted by Gasteiger charge is -2.11. The van der Waals surface area contributed by atoms with Crippen molar-refractivity contribution >= 4 is 0 Å². The first-order chi connectivity index (χ1) is 15.3. The lowest BCUT2D eigenvalue weighted by Crippen LogP contribution is -1.86. The molecule has 0 heterocycles. The highest BCUT2D eigenvalue weighted by atomic mass is 14.1. The van der Waals surface area contributed by atoms with Gasteiger partial charge in [-0.3, -0.25) is 0 Å². The Morgan fingerprint density at radius 2 is 0.613 bits per heavy atom. The highest BCUT2D eigenvalue weighted by molar-refractivity contribution is 5.79. The van der Waals surface area contributed by atoms with E-state index < -0.39 is 0 Å². The second-order valence-electron chi connectivity index (χ2n) is 7.98. The molecule has 0 heteroatoms. The molecule has 0 aliphatic heterocycles. The molecule has 5 aromatic carbocycles. The Balaban J connectivity index is 1.54. The molecule has 0 spiro atoms. The first-order valence-electron chi connectivity index (χ1n) is 10.7. The number of aryl methyl sites for hydroxylation is 1. The van der Waals surface area contributed by atoms with Crippen molar-refractivity contribution < 1.29 is 0 Å². The van der Waals surface area contributed by atoms with Crippen LogP contribution < -0.4 is 0 Å². The molecule has 0 N–H and O–H groups in total. The van der Waals surface area contributed by atoms with E-state index in [2.05, 4.69) is 134 Å². The van der Waals surface area contributed by atoms with Crippen LogP contribution in [0.15, 0.2) is 127 Å². The van der Waals surface area contributed by atoms with Crippen LogP contribution in [0.1, 0.15) is 5.56 Å². The summed E-state index contributed by atoms with van der Waals surface area (Å²) in [5, 5.41) is 0. The zero-order valence-corrected chi connectivity index (χ0v) is 17.6. The lowest BCUT2D eigenvalue weighted by molar-refractivity contribution is 1.46. The molecular weight excluding hydrogens is 372 g/mol. The fourth-order valence-electron chi connectivity index (χ4n) is 4.13. The molecule has 5 aromatic rings. The zero-order valence-electron chi connectivity index (χ0n) is 17.6. The summed E-state index contributed by atoms with van der Waals surface area (Å²) < 4.78 is 0. The molecule has 5 rings (SSSR count). The van der Waals surface area contributed by atoms with Gasteiger partial charge in [-0.15, -0.1) is 0 Å². The third kappa shape index (κ3) is 4.20. The Labute approximate surface area is 184 Å². The molecule has 148 valence electrons. The quantitative estimate of drug-likeness (QED) is 0.285. The van der Waals surface area contributed by atoms with E-state index >= 15 is 0 Å². The van der Waals surface area contributed by atoms with Gasteiger partial charge in [0, 0.05) is 0 Å². The van der Waals surface area contributed by atoms with Gasteiger partial charge in [0.1, 0.15) is 0 Å². The van der Waals surface area contributed by atoms with E-state index in [1.54, 1.807) is 0 Å². The van der Waals surface area contributed by atoms with Crippen molar-refractivity contribution in [1.82, 2.24) is 0 Å². The van der Waals surface area contributed by atoms with E-state index in [0.717, 1.165) is 0 Å². The van der Waals surface area contributed by atoms with Crippen LogP contribution >= 0.6 is 0 Å². The van der Waals surface area contributed by atoms with Crippen LogP contribution in [-0.2, 0) is 0 Å². The molecule has 31 heavy (non-hydrogen) atoms. The van der Waals surface area contributed by atoms with Crippen molar-refractivity contribution in [2.75, 3.05) is 0 Å². The Morgan fingerprint density at radius 3 is 1.13 bits per heavy atom. The van der Waals surface area contributed by atoms with E-state index in [-0.39, 0.29) is 0 Å². The maximum absolute atomic E-state index is 2.30. The standard InChI is InChI=1S/C31H24/c1-23-18-30(25-12-6-3-7-13-25)22-31(19-23)29-17-9-16-28(21-29)27-15-8-14-26(20-27)24-10-4-2-5-11-24/h2-22H,1H3. The molecule has 0 nitrogen and oxygen atoms in total. The molecule has 0 amide bonds. The van der Waals surface area contributed by atoms with E-state index in [9.17, 15) is 0 Å². The molecule has 0 fully saturated rings. The van der Waals surface area contributed by atoms with Crippen LogP contribution in [0.4, 0.5) is 0 Å². The molecule has 0 radical (unpaired) electrons. The van der Waals surface area contributed by atoms with Gasteiger partial charge in [0.2, 0.25) is 0 Å². The smallest absolute Gasteiger partial charge is 0.0175 e. The van der Waals surface area contributed by atoms with Gasteiger partial charge in [0.05, 0.1) is 0 Å². The van der Waals surface area contributed by atoms with Crippen molar-refractivity contribution in [3.63, 3.8) is 0 Å². The summed E-state index contributed by atoms with van der Waals surface area (Å²) in [5.74, 6) is 0. The average Bonchev–Trinajstić information content (AvgIpc) is 2.85. The van der Waals surface area contributed by atoms with Gasteiger partial charge in [-0.05, 0) is 75.2 Å². The maximum Gasteiger partial charge on any atom is -0.0175 e. The largest absolute Gasteiger partial charge is 0.0622 e. The van der Waals surface area contributed by atoms with Gasteiger partial charge in [0.25, 0.3) is 0 Å². The van der Waals surface area contributed by atoms with Crippen LogP contribution in [-0.4, -0.2) is 0 Å². The zero-order chi connectivity index (χ0) is 21.0. The highest BCUT2D eigenvalue weighted by Crippen LogP contribution is 2.32. The van der Waals surface area contributed by atoms with Crippen LogP contribution in [0.3, 0.4) is 0 Å². The molecule has 0 aromatic heterocycles. The van der Waals surface area contributed by atoms with E-state index in [1.807, 2.05) is 0 Å². The van der Waals surface area contributed by atoms with Gasteiger partial charge < -0.3 is 0 Å². The minimum absolute atomic E-state index is 1.23. The van der Waals surface area contributed by atoms with Crippen molar-refractivity contribution in [3.05, 3.63) is 133 Å². The van der Waals surface area contributed by atoms with Crippen LogP contribution in [0.5, 0.6) is 0 Å². The fourth-order valence-corrected chi connectivity index (χ4v) is 4.13. The maximum atomic E-state index is 2.30. The first kappa shape index (κ1) is 19.1. The summed E-state index contributed by atoms with van der Waals surface area (Å²) >= 11 is 0. The molecule has 0 unspecified atom stereocenters. The monoisotopic (exact) mass is 396 g/mol. The first-order valence-corrected chi connectivity index (χ1v) is 10.7. The number of hydrogen-bond donors (Lipinski definition) is 0. The average molecular weight is 397 g/mol. The number of benzene rings is 5. The molecule has 0 aliphatic carbocycles. The van der Waals surface area contributed by atoms with Crippen molar-refractivity contribution in [3.8, 4) is 44.5 Å². The summed E-state index contributed by atoms with van der Waals surface area (Å²) in [6, 6.07) is 45.6. The Bertz CT molecular complexity index is 1310. The van der Waals surface area contributed by atoms with Gasteiger partial charge in [-0.2, -0.15) is 0 Å². The third-order valence-electron chi connectivity index (χ3n) is 5.68. The topological polar surface area (TPSA) is 0 Å². The predicted molar refractivity (Wildman–Crippen MR) is 133 cm³/mol. The van der Waals surface area contributed by atoms with E-state index in [1.165, 1.54) is 50.1 Å². The molecule has 0 bridgehead atoms. The van der Waals surface area contributed by atoms with Crippen molar-refractivity contribution in [2.24, 2.45) is 0 Å². The number of hydrogen-bond acceptors (Lipinski definition) is 0. The molecular formula is C31H24.